The molecule has 1 aliphatic carbocycles. The van der Waals surface area contributed by atoms with E-state index in [-0.39, 0.29) is 37.2 Å². The maximum Gasteiger partial charge on any atom is 0.410 e. The lowest BCUT2D eigenvalue weighted by Gasteiger charge is -2.31. The van der Waals surface area contributed by atoms with Gasteiger partial charge in [-0.1, -0.05) is 36.4 Å². The smallest absolute Gasteiger partial charge is 0.410 e. The standard InChI is InChI=1S/C12H17B4NO2.C8H5NO2.CH4/c1-10(2,3)19-9(18)17-4-7-8(5-17)12(15,16)6-11(7,13)14;10-7-5-3-1-2-4-6(5)8(11)9-7;/h7-8H,4-6H2,1-3H3;1-4H,(H,9,10,11);1H4. The molecule has 0 spiro atoms. The summed E-state index contributed by atoms with van der Waals surface area (Å²) in [5, 5.41) is 0.353. The number of rotatable bonds is 0. The lowest BCUT2D eigenvalue weighted by Crippen LogP contribution is -2.37. The summed E-state index contributed by atoms with van der Waals surface area (Å²) in [6.45, 7) is 6.38. The van der Waals surface area contributed by atoms with Crippen LogP contribution in [0.3, 0.4) is 0 Å². The third-order valence-corrected chi connectivity index (χ3v) is 5.61. The van der Waals surface area contributed by atoms with E-state index < -0.39 is 16.0 Å². The molecule has 2 fully saturated rings. The molecule has 8 radical (unpaired) electrons. The molecule has 156 valence electrons. The number of hydrogen-bond donors (Lipinski definition) is 1. The second-order valence-electron chi connectivity index (χ2n) is 9.33. The maximum atomic E-state index is 12.1. The Balaban J connectivity index is 0.000000242. The minimum Gasteiger partial charge on any atom is -0.444 e. The first-order valence-corrected chi connectivity index (χ1v) is 9.79. The van der Waals surface area contributed by atoms with Crippen LogP contribution in [0.15, 0.2) is 24.3 Å². The van der Waals surface area contributed by atoms with Gasteiger partial charge < -0.3 is 9.64 Å². The summed E-state index contributed by atoms with van der Waals surface area (Å²) in [5.41, 5.74) is 0.412. The van der Waals surface area contributed by atoms with Gasteiger partial charge in [0.05, 0.1) is 42.5 Å². The van der Waals surface area contributed by atoms with Gasteiger partial charge in [-0.2, -0.15) is 0 Å². The van der Waals surface area contributed by atoms with Crippen molar-refractivity contribution in [2.75, 3.05) is 13.1 Å². The maximum absolute atomic E-state index is 12.1. The molecular formula is C21H26B4N2O4. The Labute approximate surface area is 189 Å². The monoisotopic (exact) mass is 414 g/mol. The van der Waals surface area contributed by atoms with Crippen LogP contribution in [-0.2, 0) is 4.74 Å². The van der Waals surface area contributed by atoms with Crippen molar-refractivity contribution in [2.24, 2.45) is 11.8 Å². The molecule has 3 aliphatic rings. The van der Waals surface area contributed by atoms with Crippen molar-refractivity contribution in [3.05, 3.63) is 35.4 Å². The largest absolute Gasteiger partial charge is 0.444 e. The fourth-order valence-corrected chi connectivity index (χ4v) is 4.28. The van der Waals surface area contributed by atoms with E-state index in [1.165, 1.54) is 0 Å². The number of amides is 3. The average Bonchev–Trinajstić information content (AvgIpc) is 3.21. The highest BCUT2D eigenvalue weighted by atomic mass is 16.6. The van der Waals surface area contributed by atoms with Crippen LogP contribution in [0, 0.1) is 11.8 Å². The Bertz CT molecular complexity index is 827. The third kappa shape index (κ3) is 5.21. The van der Waals surface area contributed by atoms with Gasteiger partial charge >= 0.3 is 6.09 Å². The van der Waals surface area contributed by atoms with Crippen molar-refractivity contribution < 1.29 is 19.1 Å². The third-order valence-electron chi connectivity index (χ3n) is 5.61. The minimum atomic E-state index is -0.926. The van der Waals surface area contributed by atoms with Gasteiger partial charge in [-0.25, -0.2) is 4.79 Å². The molecule has 2 aliphatic heterocycles. The molecule has 1 aromatic carbocycles. The first kappa shape index (κ1) is 25.2. The molecule has 4 rings (SSSR count). The number of imide groups is 1. The number of ether oxygens (including phenoxy) is 1. The Morgan fingerprint density at radius 3 is 1.81 bits per heavy atom. The van der Waals surface area contributed by atoms with E-state index in [1.807, 2.05) is 20.8 Å². The molecular weight excluding hydrogens is 387 g/mol. The first-order valence-electron chi connectivity index (χ1n) is 9.79. The normalized spacial score (nSPS) is 24.8. The second-order valence-corrected chi connectivity index (χ2v) is 9.33. The van der Waals surface area contributed by atoms with E-state index in [0.29, 0.717) is 30.6 Å². The lowest BCUT2D eigenvalue weighted by molar-refractivity contribution is 0.0278. The summed E-state index contributed by atoms with van der Waals surface area (Å²) < 4.78 is 5.35. The molecule has 2 unspecified atom stereocenters. The minimum absolute atomic E-state index is 0. The van der Waals surface area contributed by atoms with E-state index in [2.05, 4.69) is 5.32 Å². The van der Waals surface area contributed by atoms with Crippen LogP contribution in [0.25, 0.3) is 0 Å². The Hall–Kier alpha value is -2.11. The highest BCUT2D eigenvalue weighted by Gasteiger charge is 2.55. The topological polar surface area (TPSA) is 75.7 Å². The van der Waals surface area contributed by atoms with Gasteiger partial charge in [0, 0.05) is 13.1 Å². The predicted octanol–water partition coefficient (Wildman–Crippen LogP) is 1.99. The number of nitrogens with zero attached hydrogens (tertiary/aromatic N) is 1. The molecule has 1 saturated heterocycles. The number of hydrogen-bond acceptors (Lipinski definition) is 4. The van der Waals surface area contributed by atoms with Crippen LogP contribution in [0.1, 0.15) is 55.3 Å². The summed E-state index contributed by atoms with van der Waals surface area (Å²) in [5.74, 6) is -0.777. The van der Waals surface area contributed by atoms with Crippen molar-refractivity contribution in [3.8, 4) is 0 Å². The van der Waals surface area contributed by atoms with Crippen LogP contribution < -0.4 is 5.32 Å². The predicted molar refractivity (Wildman–Crippen MR) is 123 cm³/mol. The summed E-state index contributed by atoms with van der Waals surface area (Å²) in [4.78, 5) is 35.5. The van der Waals surface area contributed by atoms with Crippen LogP contribution in [0.5, 0.6) is 0 Å². The van der Waals surface area contributed by atoms with Crippen molar-refractivity contribution in [2.45, 2.75) is 50.6 Å². The molecule has 0 aromatic heterocycles. The Morgan fingerprint density at radius 1 is 1.00 bits per heavy atom. The zero-order chi connectivity index (χ0) is 22.5. The van der Waals surface area contributed by atoms with Gasteiger partial charge in [-0.3, -0.25) is 14.9 Å². The molecule has 3 amide bonds. The van der Waals surface area contributed by atoms with Crippen LogP contribution in [0.2, 0.25) is 10.4 Å². The van der Waals surface area contributed by atoms with Crippen molar-refractivity contribution >= 4 is 49.3 Å². The molecule has 0 bridgehead atoms. The van der Waals surface area contributed by atoms with E-state index in [9.17, 15) is 14.4 Å². The van der Waals surface area contributed by atoms with Gasteiger partial charge in [0.25, 0.3) is 11.8 Å². The summed E-state index contributed by atoms with van der Waals surface area (Å²) in [6, 6.07) is 6.74. The van der Waals surface area contributed by atoms with Crippen LogP contribution in [0.4, 0.5) is 4.79 Å². The molecule has 1 saturated carbocycles. The van der Waals surface area contributed by atoms with Crippen molar-refractivity contribution in [1.29, 1.82) is 0 Å². The second kappa shape index (κ2) is 8.44. The molecule has 2 heterocycles. The van der Waals surface area contributed by atoms with Crippen LogP contribution in [-0.4, -0.2) is 72.9 Å². The highest BCUT2D eigenvalue weighted by Crippen LogP contribution is 2.61. The van der Waals surface area contributed by atoms with Gasteiger partial charge in [-0.05, 0) is 44.7 Å². The average molecular weight is 414 g/mol. The van der Waals surface area contributed by atoms with Crippen LogP contribution >= 0.6 is 0 Å². The number of carbonyl (C=O) groups is 3. The Morgan fingerprint density at radius 2 is 1.42 bits per heavy atom. The number of nitrogens with one attached hydrogen (secondary N) is 1. The first-order chi connectivity index (χ1) is 13.7. The molecule has 2 atom stereocenters. The molecule has 1 N–H and O–H groups in total. The zero-order valence-electron chi connectivity index (χ0n) is 17.5. The molecule has 6 nitrogen and oxygen atoms in total. The van der Waals surface area contributed by atoms with E-state index in [4.69, 9.17) is 36.1 Å². The SMILES string of the molecule is C.O=C1NC(=O)c2ccccc21.[B]C1([B])CC([B])([B])C2CN(C(=O)OC(C)(C)C)CC21. The van der Waals surface area contributed by atoms with Gasteiger partial charge in [-0.15, -0.1) is 0 Å². The number of fused-ring (bicyclic) bond motifs is 2. The zero-order valence-corrected chi connectivity index (χ0v) is 17.5. The molecule has 1 aromatic rings. The van der Waals surface area contributed by atoms with E-state index >= 15 is 0 Å². The summed E-state index contributed by atoms with van der Waals surface area (Å²) in [7, 11) is 24.3. The van der Waals surface area contributed by atoms with Crippen molar-refractivity contribution in [1.82, 2.24) is 10.2 Å². The fourth-order valence-electron chi connectivity index (χ4n) is 4.28. The van der Waals surface area contributed by atoms with E-state index in [1.54, 1.807) is 29.2 Å². The number of benzene rings is 1. The fraction of sp³-hybridized carbons (Fsp3) is 0.571. The van der Waals surface area contributed by atoms with Crippen molar-refractivity contribution in [3.63, 3.8) is 0 Å². The highest BCUT2D eigenvalue weighted by molar-refractivity contribution is 6.45. The summed E-state index contributed by atoms with van der Waals surface area (Å²) >= 11 is 0. The number of likely N-dealkylation sites (tertiary alicyclic amines) is 1. The Kier molecular flexibility index (Phi) is 6.85. The van der Waals surface area contributed by atoms with E-state index in [0.717, 1.165) is 0 Å². The number of carbonyl (C=O) groups excluding carboxylic acids is 3. The van der Waals surface area contributed by atoms with Gasteiger partial charge in [0.1, 0.15) is 5.60 Å². The lowest BCUT2D eigenvalue weighted by atomic mass is 9.45. The van der Waals surface area contributed by atoms with Gasteiger partial charge in [0.2, 0.25) is 0 Å². The quantitative estimate of drug-likeness (QED) is 0.521. The summed E-state index contributed by atoms with van der Waals surface area (Å²) in [6.07, 6.45) is -0.00851. The molecule has 10 heteroatoms. The van der Waals surface area contributed by atoms with Gasteiger partial charge in [0.15, 0.2) is 0 Å². The molecule has 31 heavy (non-hydrogen) atoms.